The molecule has 1 N–H and O–H groups in total. The maximum atomic E-state index is 13.5. The summed E-state index contributed by atoms with van der Waals surface area (Å²) in [4.78, 5) is 30.5. The van der Waals surface area contributed by atoms with Crippen molar-refractivity contribution in [2.75, 3.05) is 11.1 Å². The average molecular weight is 488 g/mol. The van der Waals surface area contributed by atoms with Crippen molar-refractivity contribution in [2.45, 2.75) is 25.5 Å². The molecular weight excluding hydrogens is 465 g/mol. The Morgan fingerprint density at radius 1 is 1.23 bits per heavy atom. The van der Waals surface area contributed by atoms with Crippen LogP contribution in [-0.4, -0.2) is 25.8 Å². The number of carbonyl (C=O) groups excluding carboxylic acids is 1. The van der Waals surface area contributed by atoms with Gasteiger partial charge in [0.15, 0.2) is 5.16 Å². The van der Waals surface area contributed by atoms with Crippen molar-refractivity contribution in [3.63, 3.8) is 0 Å². The molecule has 176 valence electrons. The number of amides is 1. The van der Waals surface area contributed by atoms with Crippen molar-refractivity contribution in [3.8, 4) is 11.8 Å². The van der Waals surface area contributed by atoms with E-state index in [1.807, 2.05) is 6.92 Å². The normalized spacial score (nSPS) is 10.8. The fourth-order valence-electron chi connectivity index (χ4n) is 3.82. The minimum atomic E-state index is -0.383. The van der Waals surface area contributed by atoms with Gasteiger partial charge >= 0.3 is 0 Å². The molecule has 2 aromatic carbocycles. The van der Waals surface area contributed by atoms with E-state index in [9.17, 15) is 19.2 Å². The van der Waals surface area contributed by atoms with Gasteiger partial charge in [0.2, 0.25) is 5.91 Å². The zero-order chi connectivity index (χ0) is 25.1. The first kappa shape index (κ1) is 24.0. The minimum absolute atomic E-state index is 0.0422. The smallest absolute Gasteiger partial charge is 0.262 e. The van der Waals surface area contributed by atoms with Crippen LogP contribution in [0.25, 0.3) is 16.6 Å². The van der Waals surface area contributed by atoms with Gasteiger partial charge in [-0.2, -0.15) is 5.26 Å². The number of fused-ring (bicyclic) bond motifs is 1. The number of carbonyl (C=O) groups is 1. The van der Waals surface area contributed by atoms with Gasteiger partial charge in [-0.1, -0.05) is 30.0 Å². The van der Waals surface area contributed by atoms with Gasteiger partial charge in [0.1, 0.15) is 17.7 Å². The van der Waals surface area contributed by atoms with Crippen LogP contribution in [0.15, 0.2) is 71.1 Å². The number of anilines is 1. The SMILES string of the molecule is C=CCn1c(SCC(=O)Nc2c(C#N)c(C)c(C)n2-c2ccc(F)cc2)nc2ccccc2c1=O. The van der Waals surface area contributed by atoms with Gasteiger partial charge in [-0.05, 0) is 55.8 Å². The van der Waals surface area contributed by atoms with Crippen LogP contribution in [0.4, 0.5) is 10.2 Å². The molecule has 0 unspecified atom stereocenters. The molecule has 0 bridgehead atoms. The number of nitrogens with zero attached hydrogens (tertiary/aromatic N) is 4. The van der Waals surface area contributed by atoms with Crippen molar-refractivity contribution in [3.05, 3.63) is 94.2 Å². The number of benzene rings is 2. The minimum Gasteiger partial charge on any atom is -0.310 e. The predicted octanol–water partition coefficient (Wildman–Crippen LogP) is 4.73. The molecule has 4 rings (SSSR count). The molecule has 0 fully saturated rings. The zero-order valence-corrected chi connectivity index (χ0v) is 20.0. The van der Waals surface area contributed by atoms with Crippen LogP contribution < -0.4 is 10.9 Å². The number of nitrogens with one attached hydrogen (secondary N) is 1. The molecule has 0 atom stereocenters. The molecule has 0 aliphatic heterocycles. The maximum Gasteiger partial charge on any atom is 0.262 e. The summed E-state index contributed by atoms with van der Waals surface area (Å²) in [5, 5.41) is 13.5. The largest absolute Gasteiger partial charge is 0.310 e. The lowest BCUT2D eigenvalue weighted by molar-refractivity contribution is -0.113. The van der Waals surface area contributed by atoms with E-state index < -0.39 is 0 Å². The lowest BCUT2D eigenvalue weighted by atomic mass is 10.2. The number of thioether (sulfide) groups is 1. The number of rotatable bonds is 7. The summed E-state index contributed by atoms with van der Waals surface area (Å²) in [6.07, 6.45) is 1.60. The van der Waals surface area contributed by atoms with E-state index in [0.29, 0.717) is 33.1 Å². The van der Waals surface area contributed by atoms with Crippen molar-refractivity contribution < 1.29 is 9.18 Å². The number of para-hydroxylation sites is 1. The highest BCUT2D eigenvalue weighted by Gasteiger charge is 2.21. The van der Waals surface area contributed by atoms with Crippen LogP contribution >= 0.6 is 11.8 Å². The summed E-state index contributed by atoms with van der Waals surface area (Å²) in [5.41, 5.74) is 2.76. The molecule has 0 aliphatic rings. The first-order valence-corrected chi connectivity index (χ1v) is 11.7. The molecule has 0 saturated carbocycles. The topological polar surface area (TPSA) is 92.7 Å². The summed E-state index contributed by atoms with van der Waals surface area (Å²) < 4.78 is 16.7. The molecule has 2 aromatic heterocycles. The molecule has 4 aromatic rings. The van der Waals surface area contributed by atoms with Gasteiger partial charge in [0, 0.05) is 17.9 Å². The summed E-state index contributed by atoms with van der Waals surface area (Å²) in [6.45, 7) is 7.59. The van der Waals surface area contributed by atoms with Crippen LogP contribution in [0.1, 0.15) is 16.8 Å². The number of halogens is 1. The van der Waals surface area contributed by atoms with Crippen molar-refractivity contribution in [1.82, 2.24) is 14.1 Å². The average Bonchev–Trinajstić information content (AvgIpc) is 3.09. The fraction of sp³-hybridized carbons (Fsp3) is 0.154. The lowest BCUT2D eigenvalue weighted by Gasteiger charge is -2.14. The third kappa shape index (κ3) is 4.61. The van der Waals surface area contributed by atoms with Crippen molar-refractivity contribution >= 4 is 34.4 Å². The van der Waals surface area contributed by atoms with Crippen LogP contribution in [0, 0.1) is 31.0 Å². The molecule has 9 heteroatoms. The summed E-state index contributed by atoms with van der Waals surface area (Å²) in [5.74, 6) is -0.486. The lowest BCUT2D eigenvalue weighted by Crippen LogP contribution is -2.24. The Hall–Kier alpha value is -4.16. The second kappa shape index (κ2) is 9.99. The summed E-state index contributed by atoms with van der Waals surface area (Å²) in [6, 6.07) is 15.0. The van der Waals surface area contributed by atoms with E-state index in [-0.39, 0.29) is 29.6 Å². The van der Waals surface area contributed by atoms with Gasteiger partial charge < -0.3 is 5.32 Å². The number of aromatic nitrogens is 3. The molecule has 7 nitrogen and oxygen atoms in total. The number of hydrogen-bond acceptors (Lipinski definition) is 5. The van der Waals surface area contributed by atoms with Crippen LogP contribution in [0.3, 0.4) is 0 Å². The monoisotopic (exact) mass is 487 g/mol. The Labute approximate surface area is 205 Å². The predicted molar refractivity (Wildman–Crippen MR) is 135 cm³/mol. The Morgan fingerprint density at radius 2 is 1.94 bits per heavy atom. The zero-order valence-electron chi connectivity index (χ0n) is 19.2. The molecule has 35 heavy (non-hydrogen) atoms. The third-order valence-electron chi connectivity index (χ3n) is 5.64. The van der Waals surface area contributed by atoms with E-state index in [1.54, 1.807) is 54.0 Å². The van der Waals surface area contributed by atoms with Crippen molar-refractivity contribution in [2.24, 2.45) is 0 Å². The molecule has 0 spiro atoms. The Morgan fingerprint density at radius 3 is 2.63 bits per heavy atom. The fourth-order valence-corrected chi connectivity index (χ4v) is 4.63. The van der Waals surface area contributed by atoms with Gasteiger partial charge in [0.05, 0.1) is 22.2 Å². The van der Waals surface area contributed by atoms with Gasteiger partial charge in [-0.25, -0.2) is 9.37 Å². The Balaban J connectivity index is 1.64. The maximum absolute atomic E-state index is 13.5. The quantitative estimate of drug-likeness (QED) is 0.231. The molecule has 2 heterocycles. The van der Waals surface area contributed by atoms with E-state index in [2.05, 4.69) is 22.9 Å². The second-order valence-corrected chi connectivity index (χ2v) is 8.75. The first-order valence-electron chi connectivity index (χ1n) is 10.8. The number of allylic oxidation sites excluding steroid dienone is 1. The molecule has 0 aliphatic carbocycles. The Bertz CT molecular complexity index is 1550. The highest BCUT2D eigenvalue weighted by molar-refractivity contribution is 7.99. The number of hydrogen-bond donors (Lipinski definition) is 1. The molecule has 1 amide bonds. The molecule has 0 radical (unpaired) electrons. The van der Waals surface area contributed by atoms with Gasteiger partial charge in [-0.3, -0.25) is 18.7 Å². The van der Waals surface area contributed by atoms with E-state index in [4.69, 9.17) is 0 Å². The van der Waals surface area contributed by atoms with Crippen LogP contribution in [0.5, 0.6) is 0 Å². The van der Waals surface area contributed by atoms with E-state index >= 15 is 0 Å². The van der Waals surface area contributed by atoms with Gasteiger partial charge in [-0.15, -0.1) is 6.58 Å². The van der Waals surface area contributed by atoms with E-state index in [1.165, 1.54) is 16.7 Å². The highest BCUT2D eigenvalue weighted by atomic mass is 32.2. The molecular formula is C26H22FN5O2S. The van der Waals surface area contributed by atoms with Gasteiger partial charge in [0.25, 0.3) is 5.56 Å². The first-order chi connectivity index (χ1) is 16.8. The third-order valence-corrected chi connectivity index (χ3v) is 6.62. The van der Waals surface area contributed by atoms with Crippen LogP contribution in [-0.2, 0) is 11.3 Å². The van der Waals surface area contributed by atoms with E-state index in [0.717, 1.165) is 23.0 Å². The highest BCUT2D eigenvalue weighted by Crippen LogP contribution is 2.30. The molecule has 0 saturated heterocycles. The second-order valence-electron chi connectivity index (χ2n) is 7.81. The van der Waals surface area contributed by atoms with Crippen molar-refractivity contribution in [1.29, 1.82) is 5.26 Å². The summed E-state index contributed by atoms with van der Waals surface area (Å²) in [7, 11) is 0. The Kier molecular flexibility index (Phi) is 6.85. The summed E-state index contributed by atoms with van der Waals surface area (Å²) >= 11 is 1.12. The standard InChI is InChI=1S/C26H22FN5O2S/c1-4-13-31-25(34)20-7-5-6-8-22(20)29-26(31)35-15-23(33)30-24-21(14-28)16(2)17(3)32(24)19-11-9-18(27)10-12-19/h4-12H,1,13,15H2,2-3H3,(H,30,33). The number of nitriles is 1. The van der Waals surface area contributed by atoms with Crippen LogP contribution in [0.2, 0.25) is 0 Å².